The van der Waals surface area contributed by atoms with Gasteiger partial charge in [-0.15, -0.1) is 6.04 Å². The van der Waals surface area contributed by atoms with Crippen LogP contribution in [0.25, 0.3) is 5.73 Å². The first-order valence-corrected chi connectivity index (χ1v) is 3.50. The fourth-order valence-electron chi connectivity index (χ4n) is 1.26. The van der Waals surface area contributed by atoms with Crippen molar-refractivity contribution in [1.29, 1.82) is 0 Å². The van der Waals surface area contributed by atoms with E-state index in [9.17, 15) is 0 Å². The van der Waals surface area contributed by atoms with Crippen molar-refractivity contribution in [3.63, 3.8) is 0 Å². The molecule has 0 spiro atoms. The molecule has 0 heterocycles. The average Bonchev–Trinajstić information content (AvgIpc) is 1.77. The normalized spacial score (nSPS) is 35.3. The van der Waals surface area contributed by atoms with Crippen LogP contribution in [0.3, 0.4) is 0 Å². The van der Waals surface area contributed by atoms with Crippen molar-refractivity contribution in [2.24, 2.45) is 5.92 Å². The van der Waals surface area contributed by atoms with Gasteiger partial charge in [0.15, 0.2) is 0 Å². The zero-order chi connectivity index (χ0) is 5.98. The molecule has 0 unspecified atom stereocenters. The van der Waals surface area contributed by atoms with Crippen LogP contribution in [0.5, 0.6) is 0 Å². The second-order valence-corrected chi connectivity index (χ2v) is 2.96. The third kappa shape index (κ3) is 2.13. The van der Waals surface area contributed by atoms with E-state index < -0.39 is 0 Å². The molecule has 1 saturated carbocycles. The van der Waals surface area contributed by atoms with Crippen molar-refractivity contribution in [3.8, 4) is 0 Å². The maximum absolute atomic E-state index is 7.36. The Labute approximate surface area is 51.3 Å². The largest absolute Gasteiger partial charge is 0.675 e. The maximum atomic E-state index is 7.36. The summed E-state index contributed by atoms with van der Waals surface area (Å²) in [5.41, 5.74) is 7.36. The fourth-order valence-corrected chi connectivity index (χ4v) is 1.26. The summed E-state index contributed by atoms with van der Waals surface area (Å²) in [5, 5.41) is 0. The topological polar surface area (TPSA) is 23.8 Å². The van der Waals surface area contributed by atoms with Gasteiger partial charge in [0.1, 0.15) is 0 Å². The van der Waals surface area contributed by atoms with Gasteiger partial charge in [0.2, 0.25) is 0 Å². The quantitative estimate of drug-likeness (QED) is 0.618. The van der Waals surface area contributed by atoms with E-state index in [1.165, 1.54) is 12.8 Å². The zero-order valence-corrected chi connectivity index (χ0v) is 12.6. The van der Waals surface area contributed by atoms with E-state index in [1.54, 1.807) is 0 Å². The molecule has 50 valence electrons. The number of rotatable bonds is 0. The number of nitrogens with one attached hydrogen (secondary N) is 1. The predicted octanol–water partition coefficient (Wildman–Crippen LogP) is 2.62. The van der Waals surface area contributed by atoms with Crippen LogP contribution in [0.4, 0.5) is 0 Å². The molecule has 9 heavy (non-hydrogen) atoms. The molecule has 0 amide bonds. The predicted molar refractivity (Wildman–Crippen MR) is 35.7 cm³/mol. The minimum atomic E-state index is 0. The van der Waals surface area contributed by atoms with E-state index in [4.69, 9.17) is 5.73 Å². The minimum Gasteiger partial charge on any atom is -0.675 e. The van der Waals surface area contributed by atoms with Crippen molar-refractivity contribution >= 4 is 0 Å². The summed E-state index contributed by atoms with van der Waals surface area (Å²) >= 11 is 0. The molecule has 1 aliphatic carbocycles. The first kappa shape index (κ1) is 7.96. The van der Waals surface area contributed by atoms with Crippen molar-refractivity contribution in [3.05, 3.63) is 5.73 Å². The summed E-state index contributed by atoms with van der Waals surface area (Å²) in [4.78, 5) is 0. The van der Waals surface area contributed by atoms with E-state index in [1.807, 2.05) is 0 Å². The van der Waals surface area contributed by atoms with Crippen molar-refractivity contribution < 1.29 is 0 Å². The fraction of sp³-hybridized carbons (Fsp3) is 1.00. The second kappa shape index (κ2) is 3.08. The van der Waals surface area contributed by atoms with Gasteiger partial charge < -0.3 is 5.73 Å². The molecule has 0 saturated heterocycles. The third-order valence-corrected chi connectivity index (χ3v) is 2.02. The Bertz CT molecular complexity index is 57.3. The SMILES string of the molecule is CC1CCC([NH-])CC1.[Rf]. The van der Waals surface area contributed by atoms with Crippen molar-refractivity contribution in [2.75, 3.05) is 0 Å². The van der Waals surface area contributed by atoms with Crippen LogP contribution in [-0.4, -0.2) is 6.04 Å². The van der Waals surface area contributed by atoms with Crippen LogP contribution in [0.15, 0.2) is 0 Å². The Hall–Kier alpha value is -1.04. The number of hydrogen-bond acceptors (Lipinski definition) is 0. The third-order valence-electron chi connectivity index (χ3n) is 2.02. The van der Waals surface area contributed by atoms with Gasteiger partial charge in [-0.25, -0.2) is 0 Å². The molecule has 1 N–H and O–H groups in total. The molecule has 0 aromatic carbocycles. The maximum Gasteiger partial charge on any atom is 0 e. The van der Waals surface area contributed by atoms with Crippen LogP contribution < -0.4 is 0 Å². The van der Waals surface area contributed by atoms with Crippen LogP contribution in [-0.2, 0) is 0 Å². The number of hydrogen-bond donors (Lipinski definition) is 0. The van der Waals surface area contributed by atoms with Gasteiger partial charge in [0, 0.05) is 0 Å². The van der Waals surface area contributed by atoms with E-state index in [0.29, 0.717) is 0 Å². The first-order valence-electron chi connectivity index (χ1n) is 3.50. The molecular formula is C7H14NRf-. The summed E-state index contributed by atoms with van der Waals surface area (Å²) in [6, 6.07) is 0.270. The molecule has 0 aromatic rings. The molecule has 0 aromatic heterocycles. The van der Waals surface area contributed by atoms with E-state index in [0.717, 1.165) is 18.8 Å². The first-order chi connectivity index (χ1) is 3.79. The van der Waals surface area contributed by atoms with E-state index >= 15 is 0 Å². The molecular weight excluding hydrogens is 365 g/mol. The molecule has 2 heteroatoms. The van der Waals surface area contributed by atoms with Gasteiger partial charge in [-0.2, -0.15) is 0 Å². The Morgan fingerprint density at radius 2 is 1.56 bits per heavy atom. The Kier molecular flexibility index (Phi) is 2.72. The average molecular weight is 379 g/mol. The summed E-state index contributed by atoms with van der Waals surface area (Å²) in [7, 11) is 0. The Morgan fingerprint density at radius 1 is 1.11 bits per heavy atom. The van der Waals surface area contributed by atoms with Crippen LogP contribution in [0.2, 0.25) is 0 Å². The van der Waals surface area contributed by atoms with Gasteiger partial charge in [0.05, 0.1) is 0 Å². The summed E-state index contributed by atoms with van der Waals surface area (Å²) in [6.45, 7) is 2.28. The van der Waals surface area contributed by atoms with Crippen LogP contribution >= 0.6 is 0 Å². The van der Waals surface area contributed by atoms with Gasteiger partial charge >= 0.3 is 0 Å². The molecule has 1 fully saturated rings. The minimum absolute atomic E-state index is 0. The molecule has 0 atom stereocenters. The second-order valence-electron chi connectivity index (χ2n) is 2.96. The van der Waals surface area contributed by atoms with E-state index in [2.05, 4.69) is 6.92 Å². The smallest absolute Gasteiger partial charge is 0 e. The Morgan fingerprint density at radius 3 is 1.89 bits per heavy atom. The van der Waals surface area contributed by atoms with Crippen molar-refractivity contribution in [2.45, 2.75) is 38.6 Å². The monoisotopic (exact) mass is 379 g/mol. The van der Waals surface area contributed by atoms with Gasteiger partial charge in [-0.3, -0.25) is 0 Å². The summed E-state index contributed by atoms with van der Waals surface area (Å²) in [6.07, 6.45) is 4.85. The van der Waals surface area contributed by atoms with Gasteiger partial charge in [0.25, 0.3) is 0 Å². The summed E-state index contributed by atoms with van der Waals surface area (Å²) in [5.74, 6) is 0.900. The Balaban J connectivity index is 0.000000640. The van der Waals surface area contributed by atoms with Crippen LogP contribution in [0, 0.1) is 5.92 Å². The van der Waals surface area contributed by atoms with Crippen LogP contribution in [0.1, 0.15) is 32.6 Å². The molecule has 1 nitrogen and oxygen atoms in total. The van der Waals surface area contributed by atoms with Crippen molar-refractivity contribution in [1.82, 2.24) is 0 Å². The summed E-state index contributed by atoms with van der Waals surface area (Å²) < 4.78 is 0. The molecule has 1 aliphatic rings. The van der Waals surface area contributed by atoms with E-state index in [-0.39, 0.29) is 6.04 Å². The molecule has 0 aliphatic heterocycles. The van der Waals surface area contributed by atoms with Gasteiger partial charge in [-0.1, -0.05) is 32.6 Å². The van der Waals surface area contributed by atoms with Gasteiger partial charge in [-0.05, 0) is 5.92 Å². The molecule has 1 rings (SSSR count). The zero-order valence-electron chi connectivity index (χ0n) is 6.19. The molecule has 0 radical (unpaired) electrons. The molecule has 0 bridgehead atoms. The standard InChI is InChI=1S/C7H14N.Rf/c1-6-2-4-7(8)5-3-6;/h6-8H,2-5H2,1H3;/q-1;.